The van der Waals surface area contributed by atoms with Crippen LogP contribution in [-0.2, 0) is 4.74 Å². The first-order chi connectivity index (χ1) is 9.69. The third-order valence-corrected chi connectivity index (χ3v) is 2.74. The standard InChI is InChI=1S/C13H10BrN3O3/c14-10-4-12(8-16-7-10)19-1-2-20-13(18)9-3-11(5-15)17-6-9/h3-4,6-8,17H,1-2H2. The van der Waals surface area contributed by atoms with Gasteiger partial charge in [-0.1, -0.05) is 0 Å². The Labute approximate surface area is 123 Å². The largest absolute Gasteiger partial charge is 0.488 e. The fraction of sp³-hybridized carbons (Fsp3) is 0.154. The lowest BCUT2D eigenvalue weighted by atomic mass is 10.3. The fourth-order valence-corrected chi connectivity index (χ4v) is 1.77. The fourth-order valence-electron chi connectivity index (χ4n) is 1.43. The van der Waals surface area contributed by atoms with Crippen LogP contribution in [0.5, 0.6) is 5.75 Å². The lowest BCUT2D eigenvalue weighted by molar-refractivity contribution is 0.0450. The number of esters is 1. The van der Waals surface area contributed by atoms with Gasteiger partial charge >= 0.3 is 5.97 Å². The van der Waals surface area contributed by atoms with E-state index in [0.29, 0.717) is 17.0 Å². The third kappa shape index (κ3) is 3.83. The molecule has 2 heterocycles. The molecule has 0 saturated carbocycles. The second kappa shape index (κ2) is 6.73. The third-order valence-electron chi connectivity index (χ3n) is 2.30. The van der Waals surface area contributed by atoms with E-state index in [0.717, 1.165) is 4.47 Å². The molecule has 102 valence electrons. The van der Waals surface area contributed by atoms with Gasteiger partial charge < -0.3 is 14.5 Å². The summed E-state index contributed by atoms with van der Waals surface area (Å²) in [4.78, 5) is 18.2. The van der Waals surface area contributed by atoms with Gasteiger partial charge in [-0.15, -0.1) is 0 Å². The SMILES string of the molecule is N#Cc1cc(C(=O)OCCOc2cncc(Br)c2)c[nH]1. The van der Waals surface area contributed by atoms with Crippen LogP contribution < -0.4 is 4.74 Å². The maximum Gasteiger partial charge on any atom is 0.339 e. The summed E-state index contributed by atoms with van der Waals surface area (Å²) in [7, 11) is 0. The van der Waals surface area contributed by atoms with Gasteiger partial charge in [0.15, 0.2) is 0 Å². The first-order valence-corrected chi connectivity index (χ1v) is 6.47. The Hall–Kier alpha value is -2.33. The van der Waals surface area contributed by atoms with Crippen LogP contribution in [0.1, 0.15) is 16.1 Å². The summed E-state index contributed by atoms with van der Waals surface area (Å²) in [6.07, 6.45) is 4.64. The van der Waals surface area contributed by atoms with Gasteiger partial charge in [-0.25, -0.2) is 4.79 Å². The molecule has 0 spiro atoms. The quantitative estimate of drug-likeness (QED) is 0.668. The highest BCUT2D eigenvalue weighted by molar-refractivity contribution is 9.10. The Balaban J connectivity index is 1.76. The average Bonchev–Trinajstić information content (AvgIpc) is 2.92. The molecule has 0 radical (unpaired) electrons. The molecule has 20 heavy (non-hydrogen) atoms. The molecule has 0 amide bonds. The minimum atomic E-state index is -0.501. The molecular formula is C13H10BrN3O3. The molecular weight excluding hydrogens is 326 g/mol. The highest BCUT2D eigenvalue weighted by Crippen LogP contribution is 2.15. The predicted molar refractivity (Wildman–Crippen MR) is 73.2 cm³/mol. The number of hydrogen-bond donors (Lipinski definition) is 1. The number of hydrogen-bond acceptors (Lipinski definition) is 5. The van der Waals surface area contributed by atoms with Crippen LogP contribution in [0.15, 0.2) is 35.2 Å². The molecule has 7 heteroatoms. The van der Waals surface area contributed by atoms with E-state index in [1.165, 1.54) is 12.3 Å². The molecule has 0 bridgehead atoms. The number of aromatic amines is 1. The first-order valence-electron chi connectivity index (χ1n) is 5.68. The number of carbonyl (C=O) groups is 1. The minimum absolute atomic E-state index is 0.110. The van der Waals surface area contributed by atoms with Gasteiger partial charge in [0.2, 0.25) is 0 Å². The van der Waals surface area contributed by atoms with Crippen molar-refractivity contribution in [3.05, 3.63) is 46.5 Å². The Morgan fingerprint density at radius 1 is 1.40 bits per heavy atom. The van der Waals surface area contributed by atoms with E-state index in [-0.39, 0.29) is 13.2 Å². The van der Waals surface area contributed by atoms with Gasteiger partial charge in [-0.05, 0) is 28.1 Å². The van der Waals surface area contributed by atoms with Crippen LogP contribution in [0, 0.1) is 11.3 Å². The van der Waals surface area contributed by atoms with Crippen molar-refractivity contribution in [1.29, 1.82) is 5.26 Å². The zero-order valence-electron chi connectivity index (χ0n) is 10.3. The summed E-state index contributed by atoms with van der Waals surface area (Å²) < 4.78 is 11.2. The number of pyridine rings is 1. The Bertz CT molecular complexity index is 648. The average molecular weight is 336 g/mol. The van der Waals surface area contributed by atoms with E-state index in [4.69, 9.17) is 14.7 Å². The Kier molecular flexibility index (Phi) is 4.74. The first kappa shape index (κ1) is 14.1. The van der Waals surface area contributed by atoms with Crippen molar-refractivity contribution < 1.29 is 14.3 Å². The molecule has 0 atom stereocenters. The smallest absolute Gasteiger partial charge is 0.339 e. The zero-order chi connectivity index (χ0) is 14.4. The van der Waals surface area contributed by atoms with Crippen molar-refractivity contribution in [1.82, 2.24) is 9.97 Å². The molecule has 0 aliphatic rings. The molecule has 6 nitrogen and oxygen atoms in total. The van der Waals surface area contributed by atoms with Crippen LogP contribution in [0.2, 0.25) is 0 Å². The summed E-state index contributed by atoms with van der Waals surface area (Å²) in [5.41, 5.74) is 0.624. The van der Waals surface area contributed by atoms with Gasteiger partial charge in [0, 0.05) is 16.9 Å². The molecule has 2 aromatic rings. The van der Waals surface area contributed by atoms with Gasteiger partial charge in [0.25, 0.3) is 0 Å². The maximum absolute atomic E-state index is 11.6. The Morgan fingerprint density at radius 3 is 2.95 bits per heavy atom. The van der Waals surface area contributed by atoms with Gasteiger partial charge in [0.1, 0.15) is 30.7 Å². The van der Waals surface area contributed by atoms with E-state index < -0.39 is 5.97 Å². The number of H-pyrrole nitrogens is 1. The van der Waals surface area contributed by atoms with Gasteiger partial charge in [-0.2, -0.15) is 5.26 Å². The van der Waals surface area contributed by atoms with E-state index >= 15 is 0 Å². The number of nitriles is 1. The second-order valence-corrected chi connectivity index (χ2v) is 4.65. The van der Waals surface area contributed by atoms with Crippen LogP contribution in [0.25, 0.3) is 0 Å². The van der Waals surface area contributed by atoms with E-state index in [9.17, 15) is 4.79 Å². The van der Waals surface area contributed by atoms with Crippen molar-refractivity contribution in [3.8, 4) is 11.8 Å². The number of nitrogens with one attached hydrogen (secondary N) is 1. The Morgan fingerprint density at radius 2 is 2.25 bits per heavy atom. The minimum Gasteiger partial charge on any atom is -0.488 e. The highest BCUT2D eigenvalue weighted by atomic mass is 79.9. The summed E-state index contributed by atoms with van der Waals surface area (Å²) in [5.74, 6) is 0.0857. The normalized spacial score (nSPS) is 9.80. The molecule has 0 fully saturated rings. The molecule has 1 N–H and O–H groups in total. The topological polar surface area (TPSA) is 88.0 Å². The molecule has 2 aromatic heterocycles. The van der Waals surface area contributed by atoms with Gasteiger partial charge in [-0.3, -0.25) is 4.98 Å². The van der Waals surface area contributed by atoms with E-state index in [2.05, 4.69) is 25.9 Å². The molecule has 0 aliphatic carbocycles. The van der Waals surface area contributed by atoms with Crippen LogP contribution in [0.3, 0.4) is 0 Å². The number of rotatable bonds is 5. The summed E-state index contributed by atoms with van der Waals surface area (Å²) in [6.45, 7) is 0.331. The number of halogens is 1. The van der Waals surface area contributed by atoms with Crippen molar-refractivity contribution in [2.75, 3.05) is 13.2 Å². The number of carbonyl (C=O) groups excluding carboxylic acids is 1. The van der Waals surface area contributed by atoms with Crippen molar-refractivity contribution in [2.24, 2.45) is 0 Å². The molecule has 0 saturated heterocycles. The predicted octanol–water partition coefficient (Wildman–Crippen LogP) is 2.28. The van der Waals surface area contributed by atoms with Crippen LogP contribution in [0.4, 0.5) is 0 Å². The van der Waals surface area contributed by atoms with Crippen molar-refractivity contribution >= 4 is 21.9 Å². The maximum atomic E-state index is 11.6. The summed E-state index contributed by atoms with van der Waals surface area (Å²) in [6, 6.07) is 5.09. The molecule has 2 rings (SSSR count). The van der Waals surface area contributed by atoms with E-state index in [1.807, 2.05) is 6.07 Å². The molecule has 0 aromatic carbocycles. The second-order valence-electron chi connectivity index (χ2n) is 3.74. The monoisotopic (exact) mass is 335 g/mol. The van der Waals surface area contributed by atoms with Crippen molar-refractivity contribution in [2.45, 2.75) is 0 Å². The van der Waals surface area contributed by atoms with Gasteiger partial charge in [0.05, 0.1) is 11.8 Å². The number of ether oxygens (including phenoxy) is 2. The number of aromatic nitrogens is 2. The van der Waals surface area contributed by atoms with Crippen molar-refractivity contribution in [3.63, 3.8) is 0 Å². The van der Waals surface area contributed by atoms with Crippen LogP contribution >= 0.6 is 15.9 Å². The molecule has 0 unspecified atom stereocenters. The lowest BCUT2D eigenvalue weighted by Gasteiger charge is -2.06. The zero-order valence-corrected chi connectivity index (χ0v) is 11.9. The summed E-state index contributed by atoms with van der Waals surface area (Å²) >= 11 is 3.28. The van der Waals surface area contributed by atoms with Crippen LogP contribution in [-0.4, -0.2) is 29.2 Å². The molecule has 0 aliphatic heterocycles. The highest BCUT2D eigenvalue weighted by Gasteiger charge is 2.09. The van der Waals surface area contributed by atoms with E-state index in [1.54, 1.807) is 18.5 Å². The number of nitrogens with zero attached hydrogens (tertiary/aromatic N) is 2. The summed E-state index contributed by atoms with van der Waals surface area (Å²) in [5, 5.41) is 8.63. The lowest BCUT2D eigenvalue weighted by Crippen LogP contribution is -2.12.